The van der Waals surface area contributed by atoms with E-state index in [0.717, 1.165) is 4.90 Å². The van der Waals surface area contributed by atoms with Crippen LogP contribution in [0.2, 0.25) is 5.02 Å². The summed E-state index contributed by atoms with van der Waals surface area (Å²) in [4.78, 5) is 51.1. The molecule has 5 amide bonds. The van der Waals surface area contributed by atoms with E-state index in [-0.39, 0.29) is 28.3 Å². The Morgan fingerprint density at radius 1 is 1.08 bits per heavy atom. The summed E-state index contributed by atoms with van der Waals surface area (Å²) in [6.07, 6.45) is 1.25. The van der Waals surface area contributed by atoms with Gasteiger partial charge in [-0.2, -0.15) is 0 Å². The molecule has 1 aliphatic rings. The van der Waals surface area contributed by atoms with Gasteiger partial charge < -0.3 is 10.1 Å². The summed E-state index contributed by atoms with van der Waals surface area (Å²) in [5, 5.41) is 4.83. The lowest BCUT2D eigenvalue weighted by Gasteiger charge is -2.26. The van der Waals surface area contributed by atoms with Crippen LogP contribution in [0.4, 0.5) is 20.6 Å². The van der Waals surface area contributed by atoms with Crippen molar-refractivity contribution in [3.8, 4) is 5.75 Å². The van der Waals surface area contributed by atoms with Crippen LogP contribution in [0.3, 0.4) is 0 Å². The number of imide groups is 2. The second-order valence-corrected chi connectivity index (χ2v) is 8.79. The van der Waals surface area contributed by atoms with Crippen molar-refractivity contribution in [2.75, 3.05) is 16.8 Å². The van der Waals surface area contributed by atoms with E-state index < -0.39 is 36.2 Å². The number of nitrogens with zero attached hydrogens (tertiary/aromatic N) is 1. The monoisotopic (exact) mass is 571 g/mol. The van der Waals surface area contributed by atoms with Gasteiger partial charge in [0, 0.05) is 15.1 Å². The van der Waals surface area contributed by atoms with Gasteiger partial charge in [0.05, 0.1) is 11.4 Å². The minimum Gasteiger partial charge on any atom is -0.483 e. The first-order chi connectivity index (χ1) is 17.2. The van der Waals surface area contributed by atoms with Crippen LogP contribution in [0.15, 0.2) is 76.8 Å². The number of ether oxygens (including phenoxy) is 1. The number of carbonyl (C=O) groups is 4. The number of hydrogen-bond acceptors (Lipinski definition) is 5. The van der Waals surface area contributed by atoms with Crippen molar-refractivity contribution in [2.45, 2.75) is 0 Å². The third kappa shape index (κ3) is 5.61. The van der Waals surface area contributed by atoms with Crippen molar-refractivity contribution >= 4 is 68.7 Å². The van der Waals surface area contributed by atoms with Crippen molar-refractivity contribution in [2.24, 2.45) is 0 Å². The summed E-state index contributed by atoms with van der Waals surface area (Å²) in [6, 6.07) is 15.5. The molecular formula is C25H16BrClFN3O5. The predicted octanol–water partition coefficient (Wildman–Crippen LogP) is 4.93. The number of halogens is 3. The molecule has 1 saturated heterocycles. The molecule has 0 unspecified atom stereocenters. The number of para-hydroxylation sites is 1. The Morgan fingerprint density at radius 2 is 1.86 bits per heavy atom. The normalized spacial score (nSPS) is 14.6. The molecule has 0 atom stereocenters. The highest BCUT2D eigenvalue weighted by molar-refractivity contribution is 9.10. The maximum absolute atomic E-state index is 13.8. The summed E-state index contributed by atoms with van der Waals surface area (Å²) in [7, 11) is 0. The molecule has 1 heterocycles. The average molecular weight is 573 g/mol. The Hall–Kier alpha value is -4.02. The first kappa shape index (κ1) is 25.1. The van der Waals surface area contributed by atoms with Gasteiger partial charge in [-0.05, 0) is 54.6 Å². The summed E-state index contributed by atoms with van der Waals surface area (Å²) >= 11 is 9.31. The minimum atomic E-state index is -0.917. The molecule has 0 radical (unpaired) electrons. The van der Waals surface area contributed by atoms with Crippen LogP contribution >= 0.6 is 27.5 Å². The average Bonchev–Trinajstić information content (AvgIpc) is 2.82. The van der Waals surface area contributed by atoms with Gasteiger partial charge >= 0.3 is 6.03 Å². The number of carbonyl (C=O) groups excluding carboxylic acids is 4. The van der Waals surface area contributed by atoms with E-state index in [1.165, 1.54) is 42.5 Å². The van der Waals surface area contributed by atoms with E-state index in [4.69, 9.17) is 16.3 Å². The molecule has 1 aliphatic heterocycles. The third-order valence-corrected chi connectivity index (χ3v) is 5.67. The maximum Gasteiger partial charge on any atom is 0.335 e. The first-order valence-corrected chi connectivity index (χ1v) is 11.5. The predicted molar refractivity (Wildman–Crippen MR) is 135 cm³/mol. The van der Waals surface area contributed by atoms with Gasteiger partial charge in [-0.1, -0.05) is 45.7 Å². The molecule has 8 nitrogen and oxygen atoms in total. The maximum atomic E-state index is 13.8. The van der Waals surface area contributed by atoms with Crippen molar-refractivity contribution in [1.82, 2.24) is 5.32 Å². The highest BCUT2D eigenvalue weighted by Gasteiger charge is 2.37. The van der Waals surface area contributed by atoms with Crippen molar-refractivity contribution in [1.29, 1.82) is 0 Å². The third-order valence-electron chi connectivity index (χ3n) is 4.95. The Morgan fingerprint density at radius 3 is 2.61 bits per heavy atom. The van der Waals surface area contributed by atoms with Gasteiger partial charge in [0.15, 0.2) is 6.61 Å². The molecule has 182 valence electrons. The largest absolute Gasteiger partial charge is 0.483 e. The van der Waals surface area contributed by atoms with Gasteiger partial charge in [-0.15, -0.1) is 0 Å². The first-order valence-electron chi connectivity index (χ1n) is 10.4. The number of anilines is 2. The van der Waals surface area contributed by atoms with Crippen LogP contribution in [0.5, 0.6) is 5.75 Å². The quantitative estimate of drug-likeness (QED) is 0.322. The van der Waals surface area contributed by atoms with E-state index in [1.54, 1.807) is 30.3 Å². The van der Waals surface area contributed by atoms with Crippen LogP contribution in [-0.4, -0.2) is 30.4 Å². The Kier molecular flexibility index (Phi) is 7.47. The van der Waals surface area contributed by atoms with E-state index in [1.807, 2.05) is 0 Å². The number of amides is 5. The van der Waals surface area contributed by atoms with E-state index in [2.05, 4.69) is 26.6 Å². The van der Waals surface area contributed by atoms with Gasteiger partial charge in [-0.25, -0.2) is 14.1 Å². The standard InChI is InChI=1S/C25H16BrClFN3O5/c26-15-8-9-21(36-13-22(32)29-20-7-2-1-6-19(20)28)14(10-15)11-18-23(33)30-25(35)31(24(18)34)17-5-3-4-16(27)12-17/h1-12H,13H2,(H,29,32)(H,30,33,35)/b18-11+. The zero-order chi connectivity index (χ0) is 25.8. The second-order valence-electron chi connectivity index (χ2n) is 7.44. The van der Waals surface area contributed by atoms with Crippen molar-refractivity contribution < 1.29 is 28.3 Å². The highest BCUT2D eigenvalue weighted by Crippen LogP contribution is 2.29. The van der Waals surface area contributed by atoms with Gasteiger partial charge in [0.2, 0.25) is 0 Å². The SMILES string of the molecule is O=C(COc1ccc(Br)cc1/C=C1\C(=O)NC(=O)N(c2cccc(Cl)c2)C1=O)Nc1ccccc1F. The van der Waals surface area contributed by atoms with Crippen LogP contribution in [0.25, 0.3) is 6.08 Å². The summed E-state index contributed by atoms with van der Waals surface area (Å²) in [5.74, 6) is -2.81. The topological polar surface area (TPSA) is 105 Å². The number of barbiturate groups is 1. The van der Waals surface area contributed by atoms with Crippen LogP contribution in [0, 0.1) is 5.82 Å². The zero-order valence-electron chi connectivity index (χ0n) is 18.3. The van der Waals surface area contributed by atoms with Crippen LogP contribution in [0.1, 0.15) is 5.56 Å². The van der Waals surface area contributed by atoms with Gasteiger partial charge in [-0.3, -0.25) is 19.7 Å². The summed E-state index contributed by atoms with van der Waals surface area (Å²) < 4.78 is 20.0. The summed E-state index contributed by atoms with van der Waals surface area (Å²) in [5.41, 5.74) is 0.119. The highest BCUT2D eigenvalue weighted by atomic mass is 79.9. The molecule has 1 fully saturated rings. The fourth-order valence-electron chi connectivity index (χ4n) is 3.32. The lowest BCUT2D eigenvalue weighted by atomic mass is 10.1. The van der Waals surface area contributed by atoms with E-state index >= 15 is 0 Å². The molecule has 36 heavy (non-hydrogen) atoms. The second kappa shape index (κ2) is 10.7. The van der Waals surface area contributed by atoms with Crippen molar-refractivity contribution in [3.63, 3.8) is 0 Å². The Labute approximate surface area is 217 Å². The van der Waals surface area contributed by atoms with Gasteiger partial charge in [0.25, 0.3) is 17.7 Å². The Balaban J connectivity index is 1.59. The minimum absolute atomic E-state index is 0.000468. The molecule has 3 aromatic rings. The fraction of sp³-hybridized carbons (Fsp3) is 0.0400. The molecule has 0 aliphatic carbocycles. The fourth-order valence-corrected chi connectivity index (χ4v) is 3.88. The molecule has 2 N–H and O–H groups in total. The van der Waals surface area contributed by atoms with Gasteiger partial charge in [0.1, 0.15) is 17.1 Å². The number of urea groups is 1. The molecule has 0 saturated carbocycles. The van der Waals surface area contributed by atoms with Crippen molar-refractivity contribution in [3.05, 3.63) is 93.2 Å². The number of rotatable bonds is 6. The number of nitrogens with one attached hydrogen (secondary N) is 2. The summed E-state index contributed by atoms with van der Waals surface area (Å²) in [6.45, 7) is -0.473. The molecule has 0 spiro atoms. The lowest BCUT2D eigenvalue weighted by molar-refractivity contribution is -0.122. The number of benzene rings is 3. The van der Waals surface area contributed by atoms with Crippen LogP contribution < -0.4 is 20.3 Å². The van der Waals surface area contributed by atoms with Crippen LogP contribution in [-0.2, 0) is 14.4 Å². The molecule has 0 bridgehead atoms. The molecule has 11 heteroatoms. The molecule has 3 aromatic carbocycles. The Bertz CT molecular complexity index is 1430. The molecule has 4 rings (SSSR count). The molecule has 0 aromatic heterocycles. The smallest absolute Gasteiger partial charge is 0.335 e. The lowest BCUT2D eigenvalue weighted by Crippen LogP contribution is -2.54. The zero-order valence-corrected chi connectivity index (χ0v) is 20.6. The number of hydrogen-bond donors (Lipinski definition) is 2. The molecular weight excluding hydrogens is 557 g/mol. The van der Waals surface area contributed by atoms with E-state index in [0.29, 0.717) is 9.50 Å². The van der Waals surface area contributed by atoms with E-state index in [9.17, 15) is 23.6 Å².